The van der Waals surface area contributed by atoms with E-state index in [9.17, 15) is 4.79 Å². The number of hydrogen-bond donors (Lipinski definition) is 2. The van der Waals surface area contributed by atoms with Gasteiger partial charge in [0.25, 0.3) is 0 Å². The molecule has 2 atom stereocenters. The molecule has 2 amide bonds. The summed E-state index contributed by atoms with van der Waals surface area (Å²) in [7, 11) is 1.72. The summed E-state index contributed by atoms with van der Waals surface area (Å²) >= 11 is 1.61. The van der Waals surface area contributed by atoms with E-state index in [1.54, 1.807) is 18.4 Å². The lowest BCUT2D eigenvalue weighted by molar-refractivity contribution is 0.159. The molecule has 4 aromatic rings. The van der Waals surface area contributed by atoms with Crippen molar-refractivity contribution in [3.8, 4) is 11.3 Å². The van der Waals surface area contributed by atoms with E-state index >= 15 is 0 Å². The van der Waals surface area contributed by atoms with Crippen molar-refractivity contribution >= 4 is 28.1 Å². The number of ether oxygens (including phenoxy) is 1. The minimum Gasteiger partial charge on any atom is -0.383 e. The number of likely N-dealkylation sites (tertiary alicyclic amines) is 1. The maximum Gasteiger partial charge on any atom is 0.320 e. The number of hydrogen-bond acceptors (Lipinski definition) is 5. The largest absolute Gasteiger partial charge is 0.383 e. The summed E-state index contributed by atoms with van der Waals surface area (Å²) in [6, 6.07) is 20.1. The highest BCUT2D eigenvalue weighted by atomic mass is 32.1. The van der Waals surface area contributed by atoms with Gasteiger partial charge in [-0.3, -0.25) is 14.6 Å². The Balaban J connectivity index is 1.39. The van der Waals surface area contributed by atoms with Gasteiger partial charge in [-0.2, -0.15) is 0 Å². The first-order valence-electron chi connectivity index (χ1n) is 11.5. The lowest BCUT2D eigenvalue weighted by Crippen LogP contribution is -2.42. The van der Waals surface area contributed by atoms with Gasteiger partial charge in [-0.1, -0.05) is 60.7 Å². The van der Waals surface area contributed by atoms with Crippen LogP contribution < -0.4 is 10.6 Å². The normalized spacial score (nSPS) is 18.4. The molecular formula is C26H29N5O2S. The topological polar surface area (TPSA) is 70.9 Å². The van der Waals surface area contributed by atoms with Crippen LogP contribution in [0.25, 0.3) is 16.2 Å². The fraction of sp³-hybridized carbons (Fsp3) is 0.308. The molecule has 0 saturated carbocycles. The Morgan fingerprint density at radius 3 is 2.59 bits per heavy atom. The number of carbonyl (C=O) groups excluding carboxylic acids is 1. The Morgan fingerprint density at radius 2 is 1.85 bits per heavy atom. The van der Waals surface area contributed by atoms with Crippen molar-refractivity contribution in [3.63, 3.8) is 0 Å². The molecule has 0 aliphatic carbocycles. The van der Waals surface area contributed by atoms with E-state index in [0.29, 0.717) is 12.4 Å². The van der Waals surface area contributed by atoms with Gasteiger partial charge >= 0.3 is 6.03 Å². The monoisotopic (exact) mass is 475 g/mol. The van der Waals surface area contributed by atoms with Gasteiger partial charge in [0.2, 0.25) is 0 Å². The molecule has 2 aromatic carbocycles. The molecule has 2 unspecified atom stereocenters. The Morgan fingerprint density at radius 1 is 1.12 bits per heavy atom. The SMILES string of the molecule is COCCN1CC(NC(=O)Nc2c(-c3ccccc3)nc3sc(C)cn23)C(c2ccccc2)C1. The molecule has 1 saturated heterocycles. The molecule has 5 rings (SSSR count). The molecule has 7 nitrogen and oxygen atoms in total. The summed E-state index contributed by atoms with van der Waals surface area (Å²) in [5.74, 6) is 0.903. The van der Waals surface area contributed by atoms with Crippen LogP contribution in [0, 0.1) is 6.92 Å². The third-order valence-electron chi connectivity index (χ3n) is 6.27. The third kappa shape index (κ3) is 4.70. The average Bonchev–Trinajstić information content (AvgIpc) is 3.52. The van der Waals surface area contributed by atoms with Gasteiger partial charge in [-0.25, -0.2) is 9.78 Å². The first kappa shape index (κ1) is 22.6. The zero-order valence-electron chi connectivity index (χ0n) is 19.4. The predicted octanol–water partition coefficient (Wildman–Crippen LogP) is 4.61. The zero-order valence-corrected chi connectivity index (χ0v) is 20.2. The quantitative estimate of drug-likeness (QED) is 0.410. The first-order valence-corrected chi connectivity index (χ1v) is 12.3. The van der Waals surface area contributed by atoms with Gasteiger partial charge in [-0.05, 0) is 12.5 Å². The lowest BCUT2D eigenvalue weighted by Gasteiger charge is -2.20. The fourth-order valence-electron chi connectivity index (χ4n) is 4.66. The number of imidazole rings is 1. The Kier molecular flexibility index (Phi) is 6.62. The molecule has 1 aliphatic rings. The second-order valence-corrected chi connectivity index (χ2v) is 9.86. The van der Waals surface area contributed by atoms with Crippen molar-refractivity contribution in [3.05, 3.63) is 77.3 Å². The molecule has 8 heteroatoms. The molecule has 176 valence electrons. The van der Waals surface area contributed by atoms with E-state index in [-0.39, 0.29) is 18.0 Å². The predicted molar refractivity (Wildman–Crippen MR) is 137 cm³/mol. The standard InChI is InChI=1S/C26H29N5O2S/c1-18-15-31-24(23(28-26(31)34-18)20-11-7-4-8-12-20)29-25(32)27-22-17-30(13-14-33-2)16-21(22)19-9-5-3-6-10-19/h3-12,15,21-22H,13-14,16-17H2,1-2H3,(H2,27,29,32). The van der Waals surface area contributed by atoms with Crippen LogP contribution in [0.15, 0.2) is 66.9 Å². The van der Waals surface area contributed by atoms with Crippen LogP contribution >= 0.6 is 11.3 Å². The van der Waals surface area contributed by atoms with Gasteiger partial charge < -0.3 is 10.1 Å². The summed E-state index contributed by atoms with van der Waals surface area (Å²) in [4.78, 5) is 22.5. The maximum atomic E-state index is 13.3. The number of nitrogens with one attached hydrogen (secondary N) is 2. The van der Waals surface area contributed by atoms with Crippen LogP contribution in [0.5, 0.6) is 0 Å². The van der Waals surface area contributed by atoms with E-state index in [0.717, 1.165) is 40.7 Å². The van der Waals surface area contributed by atoms with Crippen molar-refractivity contribution < 1.29 is 9.53 Å². The molecule has 0 spiro atoms. The van der Waals surface area contributed by atoms with Crippen LogP contribution in [-0.2, 0) is 4.74 Å². The van der Waals surface area contributed by atoms with E-state index in [2.05, 4.69) is 39.8 Å². The second-order valence-electron chi connectivity index (χ2n) is 8.64. The van der Waals surface area contributed by atoms with Gasteiger partial charge in [-0.15, -0.1) is 11.3 Å². The van der Waals surface area contributed by atoms with Crippen LogP contribution in [0.3, 0.4) is 0 Å². The van der Waals surface area contributed by atoms with E-state index in [1.807, 2.05) is 53.9 Å². The number of fused-ring (bicyclic) bond motifs is 1. The van der Waals surface area contributed by atoms with Crippen LogP contribution in [0.4, 0.5) is 10.6 Å². The average molecular weight is 476 g/mol. The van der Waals surface area contributed by atoms with Crippen LogP contribution in [0.2, 0.25) is 0 Å². The van der Waals surface area contributed by atoms with Crippen molar-refractivity contribution in [1.29, 1.82) is 0 Å². The number of nitrogens with zero attached hydrogens (tertiary/aromatic N) is 3. The molecule has 3 heterocycles. The summed E-state index contributed by atoms with van der Waals surface area (Å²) in [6.45, 7) is 5.22. The number of amides is 2. The van der Waals surface area contributed by atoms with Gasteiger partial charge in [0.05, 0.1) is 12.6 Å². The molecule has 34 heavy (non-hydrogen) atoms. The number of methoxy groups -OCH3 is 1. The zero-order chi connectivity index (χ0) is 23.5. The summed E-state index contributed by atoms with van der Waals surface area (Å²) in [5, 5.41) is 6.37. The number of aromatic nitrogens is 2. The highest BCUT2D eigenvalue weighted by Gasteiger charge is 2.35. The molecule has 0 radical (unpaired) electrons. The first-order chi connectivity index (χ1) is 16.6. The summed E-state index contributed by atoms with van der Waals surface area (Å²) in [5.41, 5.74) is 2.98. The number of benzene rings is 2. The number of aryl methyl sites for hydroxylation is 1. The van der Waals surface area contributed by atoms with E-state index in [1.165, 1.54) is 5.56 Å². The number of anilines is 1. The highest BCUT2D eigenvalue weighted by molar-refractivity contribution is 7.17. The number of rotatable bonds is 7. The van der Waals surface area contributed by atoms with E-state index < -0.39 is 0 Å². The minimum atomic E-state index is -0.220. The minimum absolute atomic E-state index is 0.00736. The second kappa shape index (κ2) is 9.97. The van der Waals surface area contributed by atoms with Crippen LogP contribution in [-0.4, -0.2) is 59.7 Å². The Labute approximate surface area is 203 Å². The van der Waals surface area contributed by atoms with Crippen molar-refractivity contribution in [1.82, 2.24) is 19.6 Å². The van der Waals surface area contributed by atoms with Gasteiger partial charge in [0.15, 0.2) is 4.96 Å². The highest BCUT2D eigenvalue weighted by Crippen LogP contribution is 2.32. The van der Waals surface area contributed by atoms with Crippen LogP contribution in [0.1, 0.15) is 16.4 Å². The third-order valence-corrected chi connectivity index (χ3v) is 7.17. The smallest absolute Gasteiger partial charge is 0.320 e. The molecular weight excluding hydrogens is 446 g/mol. The van der Waals surface area contributed by atoms with Gasteiger partial charge in [0, 0.05) is 49.3 Å². The van der Waals surface area contributed by atoms with Crippen molar-refractivity contribution in [2.24, 2.45) is 0 Å². The number of thiazole rings is 1. The summed E-state index contributed by atoms with van der Waals surface area (Å²) in [6.07, 6.45) is 2.02. The van der Waals surface area contributed by atoms with Gasteiger partial charge in [0.1, 0.15) is 11.5 Å². The molecule has 0 bridgehead atoms. The molecule has 1 aliphatic heterocycles. The van der Waals surface area contributed by atoms with Crippen molar-refractivity contribution in [2.45, 2.75) is 18.9 Å². The molecule has 1 fully saturated rings. The Hall–Kier alpha value is -3.20. The maximum absolute atomic E-state index is 13.3. The molecule has 2 N–H and O–H groups in total. The lowest BCUT2D eigenvalue weighted by atomic mass is 9.94. The van der Waals surface area contributed by atoms with E-state index in [4.69, 9.17) is 9.72 Å². The number of urea groups is 1. The summed E-state index contributed by atoms with van der Waals surface area (Å²) < 4.78 is 7.25. The Bertz CT molecular complexity index is 1250. The number of carbonyl (C=O) groups is 1. The van der Waals surface area contributed by atoms with Crippen molar-refractivity contribution in [2.75, 3.05) is 38.7 Å². The fourth-order valence-corrected chi connectivity index (χ4v) is 5.48. The molecule has 2 aromatic heterocycles.